The SMILES string of the molecule is CC(C)[C@@H](C(=O)OC(C)(C)C)N1C[C@H]2C[C@H]2[C@H]1c1ccncc1. The maximum Gasteiger partial charge on any atom is 0.324 e. The van der Waals surface area contributed by atoms with Gasteiger partial charge in [0.2, 0.25) is 0 Å². The third kappa shape index (κ3) is 3.42. The first-order valence-electron chi connectivity index (χ1n) is 8.66. The first-order chi connectivity index (χ1) is 10.8. The molecule has 0 bridgehead atoms. The van der Waals surface area contributed by atoms with Crippen molar-refractivity contribution in [2.24, 2.45) is 17.8 Å². The minimum absolute atomic E-state index is 0.0899. The molecule has 23 heavy (non-hydrogen) atoms. The number of carbonyl (C=O) groups is 1. The van der Waals surface area contributed by atoms with Crippen LogP contribution in [0, 0.1) is 17.8 Å². The fourth-order valence-electron chi connectivity index (χ4n) is 3.94. The Kier molecular flexibility index (Phi) is 4.21. The maximum absolute atomic E-state index is 12.8. The number of carbonyl (C=O) groups excluding carboxylic acids is 1. The molecule has 0 N–H and O–H groups in total. The Bertz CT molecular complexity index is 564. The smallest absolute Gasteiger partial charge is 0.324 e. The highest BCUT2D eigenvalue weighted by molar-refractivity contribution is 5.76. The van der Waals surface area contributed by atoms with Crippen LogP contribution in [0.2, 0.25) is 0 Å². The van der Waals surface area contributed by atoms with E-state index in [-0.39, 0.29) is 17.9 Å². The first kappa shape index (κ1) is 16.4. The lowest BCUT2D eigenvalue weighted by molar-refractivity contribution is -0.164. The van der Waals surface area contributed by atoms with Crippen LogP contribution in [0.4, 0.5) is 0 Å². The fraction of sp³-hybridized carbons (Fsp3) is 0.684. The number of rotatable bonds is 4. The minimum Gasteiger partial charge on any atom is -0.459 e. The molecule has 1 saturated carbocycles. The fourth-order valence-corrected chi connectivity index (χ4v) is 3.94. The van der Waals surface area contributed by atoms with Crippen LogP contribution in [-0.2, 0) is 9.53 Å². The molecule has 2 heterocycles. The van der Waals surface area contributed by atoms with Crippen molar-refractivity contribution < 1.29 is 9.53 Å². The molecule has 126 valence electrons. The van der Waals surface area contributed by atoms with E-state index < -0.39 is 5.60 Å². The van der Waals surface area contributed by atoms with E-state index in [1.165, 1.54) is 12.0 Å². The van der Waals surface area contributed by atoms with Crippen LogP contribution in [0.5, 0.6) is 0 Å². The Balaban J connectivity index is 1.86. The number of likely N-dealkylation sites (tertiary alicyclic amines) is 1. The van der Waals surface area contributed by atoms with Crippen molar-refractivity contribution in [1.29, 1.82) is 0 Å². The van der Waals surface area contributed by atoms with E-state index in [0.717, 1.165) is 12.5 Å². The Morgan fingerprint density at radius 1 is 1.30 bits per heavy atom. The third-order valence-electron chi connectivity index (χ3n) is 4.87. The highest BCUT2D eigenvalue weighted by atomic mass is 16.6. The van der Waals surface area contributed by atoms with Crippen molar-refractivity contribution in [1.82, 2.24) is 9.88 Å². The highest BCUT2D eigenvalue weighted by Gasteiger charge is 2.56. The van der Waals surface area contributed by atoms with Crippen molar-refractivity contribution in [3.8, 4) is 0 Å². The number of aromatic nitrogens is 1. The summed E-state index contributed by atoms with van der Waals surface area (Å²) >= 11 is 0. The van der Waals surface area contributed by atoms with Gasteiger partial charge in [0.1, 0.15) is 11.6 Å². The molecule has 3 rings (SSSR count). The van der Waals surface area contributed by atoms with E-state index in [1.807, 2.05) is 33.2 Å². The van der Waals surface area contributed by atoms with Gasteiger partial charge in [-0.2, -0.15) is 0 Å². The van der Waals surface area contributed by atoms with Crippen LogP contribution in [-0.4, -0.2) is 34.0 Å². The zero-order valence-corrected chi connectivity index (χ0v) is 14.8. The van der Waals surface area contributed by atoms with Gasteiger partial charge in [0.15, 0.2) is 0 Å². The van der Waals surface area contributed by atoms with Gasteiger partial charge in [0.05, 0.1) is 0 Å². The van der Waals surface area contributed by atoms with Crippen molar-refractivity contribution in [2.75, 3.05) is 6.54 Å². The number of pyridine rings is 1. The predicted octanol–water partition coefficient (Wildman–Crippen LogP) is 3.44. The second-order valence-electron chi connectivity index (χ2n) is 8.30. The summed E-state index contributed by atoms with van der Waals surface area (Å²) in [5.41, 5.74) is 0.832. The summed E-state index contributed by atoms with van der Waals surface area (Å²) in [6, 6.07) is 4.32. The molecule has 0 aromatic carbocycles. The average Bonchev–Trinajstić information content (AvgIpc) is 3.09. The summed E-state index contributed by atoms with van der Waals surface area (Å²) in [5.74, 6) is 1.55. The lowest BCUT2D eigenvalue weighted by Gasteiger charge is -2.37. The van der Waals surface area contributed by atoms with Crippen molar-refractivity contribution in [2.45, 2.75) is 58.7 Å². The minimum atomic E-state index is -0.445. The lowest BCUT2D eigenvalue weighted by Crippen LogP contribution is -2.48. The van der Waals surface area contributed by atoms with E-state index in [9.17, 15) is 4.79 Å². The van der Waals surface area contributed by atoms with Gasteiger partial charge in [-0.05, 0) is 62.6 Å². The molecule has 1 aromatic rings. The molecule has 4 heteroatoms. The molecule has 2 aliphatic rings. The van der Waals surface area contributed by atoms with Crippen LogP contribution in [0.15, 0.2) is 24.5 Å². The molecular weight excluding hydrogens is 288 g/mol. The Morgan fingerprint density at radius 3 is 2.52 bits per heavy atom. The number of esters is 1. The number of ether oxygens (including phenoxy) is 1. The molecule has 1 aliphatic carbocycles. The highest BCUT2D eigenvalue weighted by Crippen LogP contribution is 2.57. The van der Waals surface area contributed by atoms with Crippen LogP contribution < -0.4 is 0 Å². The Morgan fingerprint density at radius 2 is 1.96 bits per heavy atom. The van der Waals surface area contributed by atoms with Crippen LogP contribution in [0.3, 0.4) is 0 Å². The van der Waals surface area contributed by atoms with Crippen molar-refractivity contribution >= 4 is 5.97 Å². The topological polar surface area (TPSA) is 42.4 Å². The molecule has 0 radical (unpaired) electrons. The number of hydrogen-bond donors (Lipinski definition) is 0. The summed E-state index contributed by atoms with van der Waals surface area (Å²) in [7, 11) is 0. The molecule has 1 aromatic heterocycles. The third-order valence-corrected chi connectivity index (χ3v) is 4.87. The van der Waals surface area contributed by atoms with Gasteiger partial charge in [0, 0.05) is 25.0 Å². The summed E-state index contributed by atoms with van der Waals surface area (Å²) in [4.78, 5) is 19.3. The molecule has 0 amide bonds. The molecule has 2 fully saturated rings. The molecule has 1 aliphatic heterocycles. The van der Waals surface area contributed by atoms with E-state index in [4.69, 9.17) is 4.74 Å². The maximum atomic E-state index is 12.8. The molecule has 4 nitrogen and oxygen atoms in total. The zero-order chi connectivity index (χ0) is 16.8. The Labute approximate surface area is 139 Å². The summed E-state index contributed by atoms with van der Waals surface area (Å²) in [6.45, 7) is 11.0. The van der Waals surface area contributed by atoms with Gasteiger partial charge >= 0.3 is 5.97 Å². The molecule has 1 saturated heterocycles. The van der Waals surface area contributed by atoms with Crippen molar-refractivity contribution in [3.05, 3.63) is 30.1 Å². The van der Waals surface area contributed by atoms with Crippen LogP contribution in [0.25, 0.3) is 0 Å². The van der Waals surface area contributed by atoms with Crippen molar-refractivity contribution in [3.63, 3.8) is 0 Å². The molecule has 4 atom stereocenters. The number of hydrogen-bond acceptors (Lipinski definition) is 4. The monoisotopic (exact) mass is 316 g/mol. The van der Waals surface area contributed by atoms with Gasteiger partial charge in [-0.15, -0.1) is 0 Å². The molecule has 0 unspecified atom stereocenters. The second-order valence-corrected chi connectivity index (χ2v) is 8.30. The summed E-state index contributed by atoms with van der Waals surface area (Å²) in [5, 5.41) is 0. The number of fused-ring (bicyclic) bond motifs is 1. The van der Waals surface area contributed by atoms with E-state index >= 15 is 0 Å². The van der Waals surface area contributed by atoms with E-state index in [2.05, 4.69) is 35.9 Å². The lowest BCUT2D eigenvalue weighted by atomic mass is 9.97. The average molecular weight is 316 g/mol. The number of nitrogens with zero attached hydrogens (tertiary/aromatic N) is 2. The van der Waals surface area contributed by atoms with Crippen LogP contribution >= 0.6 is 0 Å². The van der Waals surface area contributed by atoms with Gasteiger partial charge in [0.25, 0.3) is 0 Å². The zero-order valence-electron chi connectivity index (χ0n) is 14.8. The molecule has 0 spiro atoms. The number of piperidine rings is 1. The second kappa shape index (κ2) is 5.90. The van der Waals surface area contributed by atoms with E-state index in [1.54, 1.807) is 0 Å². The van der Waals surface area contributed by atoms with Gasteiger partial charge in [-0.1, -0.05) is 13.8 Å². The summed E-state index contributed by atoms with van der Waals surface area (Å²) < 4.78 is 5.71. The van der Waals surface area contributed by atoms with E-state index in [0.29, 0.717) is 12.0 Å². The van der Waals surface area contributed by atoms with Gasteiger partial charge in [-0.25, -0.2) is 0 Å². The van der Waals surface area contributed by atoms with Gasteiger partial charge in [-0.3, -0.25) is 14.7 Å². The first-order valence-corrected chi connectivity index (χ1v) is 8.66. The largest absolute Gasteiger partial charge is 0.459 e. The molecular formula is C19H28N2O2. The standard InChI is InChI=1S/C19H28N2O2/c1-12(2)16(18(22)23-19(3,4)5)21-11-14-10-15(14)17(21)13-6-8-20-9-7-13/h6-9,12,14-17H,10-11H2,1-5H3/t14-,15-,16+,17-/m1/s1. The quantitative estimate of drug-likeness (QED) is 0.798. The van der Waals surface area contributed by atoms with Crippen LogP contribution in [0.1, 0.15) is 52.6 Å². The predicted molar refractivity (Wildman–Crippen MR) is 89.8 cm³/mol. The normalized spacial score (nSPS) is 28.5. The summed E-state index contributed by atoms with van der Waals surface area (Å²) in [6.07, 6.45) is 4.98. The Hall–Kier alpha value is -1.42. The van der Waals surface area contributed by atoms with Gasteiger partial charge < -0.3 is 4.74 Å².